The third-order valence-corrected chi connectivity index (χ3v) is 3.31. The highest BCUT2D eigenvalue weighted by molar-refractivity contribution is 7.90. The van der Waals surface area contributed by atoms with Crippen LogP contribution in [-0.2, 0) is 16.3 Å². The maximum Gasteiger partial charge on any atom is 0.147 e. The van der Waals surface area contributed by atoms with E-state index in [9.17, 15) is 8.42 Å². The third-order valence-electron chi connectivity index (χ3n) is 2.37. The summed E-state index contributed by atoms with van der Waals surface area (Å²) in [7, 11) is -2.86. The summed E-state index contributed by atoms with van der Waals surface area (Å²) in [6.45, 7) is 4.04. The van der Waals surface area contributed by atoms with Gasteiger partial charge in [0.05, 0.1) is 5.75 Å². The first-order chi connectivity index (χ1) is 6.40. The largest absolute Gasteiger partial charge is 0.229 e. The van der Waals surface area contributed by atoms with E-state index in [1.165, 1.54) is 17.4 Å². The summed E-state index contributed by atoms with van der Waals surface area (Å²) in [6.07, 6.45) is 1.90. The minimum Gasteiger partial charge on any atom is -0.229 e. The lowest BCUT2D eigenvalue weighted by Gasteiger charge is -2.08. The monoisotopic (exact) mass is 212 g/mol. The molecule has 2 nitrogen and oxygen atoms in total. The average molecular weight is 212 g/mol. The van der Waals surface area contributed by atoms with E-state index in [2.05, 4.69) is 0 Å². The molecule has 14 heavy (non-hydrogen) atoms. The van der Waals surface area contributed by atoms with Crippen molar-refractivity contribution in [3.8, 4) is 0 Å². The van der Waals surface area contributed by atoms with Crippen LogP contribution in [-0.4, -0.2) is 20.4 Å². The molecule has 0 aliphatic heterocycles. The van der Waals surface area contributed by atoms with Crippen molar-refractivity contribution >= 4 is 9.84 Å². The topological polar surface area (TPSA) is 34.1 Å². The average Bonchev–Trinajstić information content (AvgIpc) is 2.01. The molecule has 0 atom stereocenters. The number of aryl methyl sites for hydroxylation is 2. The molecular formula is C11H16O2S. The lowest BCUT2D eigenvalue weighted by Crippen LogP contribution is -2.07. The standard InChI is InChI=1S/C11H16O2S/c1-9-5-4-6-10(2)11(9)7-8-14(3,12)13/h4-6H,7-8H2,1-3H3. The van der Waals surface area contributed by atoms with Gasteiger partial charge in [0.15, 0.2) is 0 Å². The van der Waals surface area contributed by atoms with E-state index >= 15 is 0 Å². The van der Waals surface area contributed by atoms with E-state index in [-0.39, 0.29) is 5.75 Å². The summed E-state index contributed by atoms with van der Waals surface area (Å²) >= 11 is 0. The van der Waals surface area contributed by atoms with E-state index < -0.39 is 9.84 Å². The highest BCUT2D eigenvalue weighted by Gasteiger charge is 2.06. The molecule has 0 aliphatic carbocycles. The molecule has 78 valence electrons. The zero-order valence-electron chi connectivity index (χ0n) is 8.87. The smallest absolute Gasteiger partial charge is 0.147 e. The molecule has 0 unspecified atom stereocenters. The summed E-state index contributed by atoms with van der Waals surface area (Å²) < 4.78 is 22.1. The normalized spacial score (nSPS) is 11.6. The molecule has 1 aromatic rings. The number of hydrogen-bond acceptors (Lipinski definition) is 2. The molecule has 0 saturated carbocycles. The van der Waals surface area contributed by atoms with E-state index in [1.54, 1.807) is 0 Å². The van der Waals surface area contributed by atoms with Gasteiger partial charge < -0.3 is 0 Å². The Bertz CT molecular complexity index is 399. The van der Waals surface area contributed by atoms with Crippen LogP contribution in [0.2, 0.25) is 0 Å². The number of sulfone groups is 1. The third kappa shape index (κ3) is 3.14. The van der Waals surface area contributed by atoms with Crippen molar-refractivity contribution in [2.75, 3.05) is 12.0 Å². The molecule has 1 aromatic carbocycles. The Balaban J connectivity index is 2.87. The quantitative estimate of drug-likeness (QED) is 0.766. The van der Waals surface area contributed by atoms with Gasteiger partial charge in [-0.1, -0.05) is 18.2 Å². The fourth-order valence-corrected chi connectivity index (χ4v) is 2.11. The molecule has 0 aliphatic rings. The summed E-state index contributed by atoms with van der Waals surface area (Å²) in [6, 6.07) is 6.03. The van der Waals surface area contributed by atoms with Crippen molar-refractivity contribution in [2.24, 2.45) is 0 Å². The summed E-state index contributed by atoms with van der Waals surface area (Å²) in [5, 5.41) is 0. The predicted molar refractivity (Wildman–Crippen MR) is 59.3 cm³/mol. The SMILES string of the molecule is Cc1cccc(C)c1CCS(C)(=O)=O. The molecule has 0 heterocycles. The van der Waals surface area contributed by atoms with Crippen molar-refractivity contribution in [2.45, 2.75) is 20.3 Å². The predicted octanol–water partition coefficient (Wildman–Crippen LogP) is 1.89. The Morgan fingerprint density at radius 1 is 1.14 bits per heavy atom. The molecule has 0 radical (unpaired) electrons. The number of rotatable bonds is 3. The molecule has 0 spiro atoms. The molecule has 0 N–H and O–H groups in total. The summed E-state index contributed by atoms with van der Waals surface area (Å²) in [4.78, 5) is 0. The number of benzene rings is 1. The van der Waals surface area contributed by atoms with Crippen LogP contribution in [0.25, 0.3) is 0 Å². The summed E-state index contributed by atoms with van der Waals surface area (Å²) in [5.74, 6) is 0.235. The summed E-state index contributed by atoms with van der Waals surface area (Å²) in [5.41, 5.74) is 3.51. The molecular weight excluding hydrogens is 196 g/mol. The Morgan fingerprint density at radius 3 is 2.07 bits per heavy atom. The molecule has 0 amide bonds. The second kappa shape index (κ2) is 4.13. The first-order valence-corrected chi connectivity index (χ1v) is 6.69. The minimum absolute atomic E-state index is 0.235. The fraction of sp³-hybridized carbons (Fsp3) is 0.455. The van der Waals surface area contributed by atoms with E-state index in [4.69, 9.17) is 0 Å². The molecule has 0 bridgehead atoms. The van der Waals surface area contributed by atoms with Crippen molar-refractivity contribution in [3.05, 3.63) is 34.9 Å². The van der Waals surface area contributed by atoms with Crippen LogP contribution < -0.4 is 0 Å². The second-order valence-electron chi connectivity index (χ2n) is 3.75. The van der Waals surface area contributed by atoms with Crippen LogP contribution in [0.4, 0.5) is 0 Å². The van der Waals surface area contributed by atoms with Crippen molar-refractivity contribution in [3.63, 3.8) is 0 Å². The first kappa shape index (κ1) is 11.2. The highest BCUT2D eigenvalue weighted by Crippen LogP contribution is 2.14. The zero-order valence-corrected chi connectivity index (χ0v) is 9.69. The molecule has 1 rings (SSSR count). The van der Waals surface area contributed by atoms with Crippen LogP contribution in [0.1, 0.15) is 16.7 Å². The Hall–Kier alpha value is -0.830. The molecule has 0 saturated heterocycles. The first-order valence-electron chi connectivity index (χ1n) is 4.63. The molecule has 0 fully saturated rings. The van der Waals surface area contributed by atoms with Gasteiger partial charge in [0.1, 0.15) is 9.84 Å². The van der Waals surface area contributed by atoms with Crippen LogP contribution in [0.15, 0.2) is 18.2 Å². The van der Waals surface area contributed by atoms with Crippen molar-refractivity contribution < 1.29 is 8.42 Å². The van der Waals surface area contributed by atoms with Gasteiger partial charge in [0.2, 0.25) is 0 Å². The van der Waals surface area contributed by atoms with Gasteiger partial charge in [-0.2, -0.15) is 0 Å². The van der Waals surface area contributed by atoms with Crippen molar-refractivity contribution in [1.82, 2.24) is 0 Å². The highest BCUT2D eigenvalue weighted by atomic mass is 32.2. The maximum absolute atomic E-state index is 11.0. The van der Waals surface area contributed by atoms with E-state index in [0.29, 0.717) is 6.42 Å². The molecule has 0 aromatic heterocycles. The Kier molecular flexibility index (Phi) is 3.32. The van der Waals surface area contributed by atoms with Gasteiger partial charge in [-0.15, -0.1) is 0 Å². The number of hydrogen-bond donors (Lipinski definition) is 0. The van der Waals surface area contributed by atoms with Crippen molar-refractivity contribution in [1.29, 1.82) is 0 Å². The minimum atomic E-state index is -2.86. The van der Waals surface area contributed by atoms with Crippen LogP contribution >= 0.6 is 0 Å². The zero-order chi connectivity index (χ0) is 10.8. The fourth-order valence-electron chi connectivity index (χ4n) is 1.53. The van der Waals surface area contributed by atoms with Gasteiger partial charge in [0.25, 0.3) is 0 Å². The van der Waals surface area contributed by atoms with Gasteiger partial charge in [0, 0.05) is 6.26 Å². The lowest BCUT2D eigenvalue weighted by atomic mass is 10.0. The van der Waals surface area contributed by atoms with Crippen LogP contribution in [0.3, 0.4) is 0 Å². The Labute approximate surface area is 85.9 Å². The lowest BCUT2D eigenvalue weighted by molar-refractivity contribution is 0.601. The van der Waals surface area contributed by atoms with Gasteiger partial charge in [-0.05, 0) is 37.0 Å². The van der Waals surface area contributed by atoms with Crippen LogP contribution in [0.5, 0.6) is 0 Å². The second-order valence-corrected chi connectivity index (χ2v) is 6.01. The van der Waals surface area contributed by atoms with E-state index in [0.717, 1.165) is 5.56 Å². The van der Waals surface area contributed by atoms with Gasteiger partial charge in [-0.3, -0.25) is 0 Å². The van der Waals surface area contributed by atoms with E-state index in [1.807, 2.05) is 32.0 Å². The Morgan fingerprint density at radius 2 is 1.64 bits per heavy atom. The van der Waals surface area contributed by atoms with Crippen LogP contribution in [0, 0.1) is 13.8 Å². The maximum atomic E-state index is 11.0. The molecule has 3 heteroatoms. The van der Waals surface area contributed by atoms with Gasteiger partial charge in [-0.25, -0.2) is 8.42 Å². The van der Waals surface area contributed by atoms with Gasteiger partial charge >= 0.3 is 0 Å².